The third-order valence-corrected chi connectivity index (χ3v) is 3.56. The van der Waals surface area contributed by atoms with E-state index in [0.29, 0.717) is 17.3 Å². The van der Waals surface area contributed by atoms with Crippen molar-refractivity contribution < 1.29 is 14.6 Å². The molecule has 118 valence electrons. The van der Waals surface area contributed by atoms with Crippen molar-refractivity contribution in [1.82, 2.24) is 9.55 Å². The van der Waals surface area contributed by atoms with Crippen LogP contribution in [0.1, 0.15) is 5.82 Å². The Hall–Kier alpha value is -2.86. The summed E-state index contributed by atoms with van der Waals surface area (Å²) < 4.78 is 6.93. The van der Waals surface area contributed by atoms with Crippen molar-refractivity contribution in [3.8, 4) is 5.75 Å². The summed E-state index contributed by atoms with van der Waals surface area (Å²) in [5.74, 6) is 0.840. The molecule has 0 saturated heterocycles. The second kappa shape index (κ2) is 6.50. The van der Waals surface area contributed by atoms with E-state index in [9.17, 15) is 9.90 Å². The zero-order valence-corrected chi connectivity index (χ0v) is 12.7. The van der Waals surface area contributed by atoms with Crippen molar-refractivity contribution in [2.75, 3.05) is 12.4 Å². The number of benzene rings is 2. The number of amides is 1. The maximum Gasteiger partial charge on any atom is 0.244 e. The quantitative estimate of drug-likeness (QED) is 0.757. The molecule has 0 aliphatic heterocycles. The number of anilines is 1. The molecule has 3 aromatic rings. The van der Waals surface area contributed by atoms with E-state index >= 15 is 0 Å². The topological polar surface area (TPSA) is 76.4 Å². The van der Waals surface area contributed by atoms with Crippen LogP contribution in [0, 0.1) is 0 Å². The summed E-state index contributed by atoms with van der Waals surface area (Å²) in [4.78, 5) is 16.7. The van der Waals surface area contributed by atoms with Crippen LogP contribution in [-0.2, 0) is 17.9 Å². The summed E-state index contributed by atoms with van der Waals surface area (Å²) in [6.07, 6.45) is 0. The van der Waals surface area contributed by atoms with Gasteiger partial charge in [0.2, 0.25) is 5.91 Å². The maximum atomic E-state index is 12.4. The normalized spacial score (nSPS) is 10.7. The van der Waals surface area contributed by atoms with E-state index in [2.05, 4.69) is 10.3 Å². The van der Waals surface area contributed by atoms with Crippen molar-refractivity contribution in [2.45, 2.75) is 13.2 Å². The predicted octanol–water partition coefficient (Wildman–Crippen LogP) is 2.18. The molecule has 0 bridgehead atoms. The predicted molar refractivity (Wildman–Crippen MR) is 87.3 cm³/mol. The van der Waals surface area contributed by atoms with Crippen LogP contribution < -0.4 is 10.1 Å². The van der Waals surface area contributed by atoms with Crippen molar-refractivity contribution in [2.24, 2.45) is 0 Å². The first kappa shape index (κ1) is 15.1. The Labute approximate surface area is 133 Å². The first-order chi connectivity index (χ1) is 11.2. The fourth-order valence-electron chi connectivity index (χ4n) is 2.50. The van der Waals surface area contributed by atoms with Crippen LogP contribution in [0.2, 0.25) is 0 Å². The number of aliphatic hydroxyl groups is 1. The number of carbonyl (C=O) groups is 1. The van der Waals surface area contributed by atoms with Crippen LogP contribution in [0.3, 0.4) is 0 Å². The average Bonchev–Trinajstić information content (AvgIpc) is 2.93. The van der Waals surface area contributed by atoms with Crippen LogP contribution in [0.5, 0.6) is 5.75 Å². The number of carbonyl (C=O) groups excluding carboxylic acids is 1. The number of rotatable bonds is 5. The van der Waals surface area contributed by atoms with Gasteiger partial charge in [-0.25, -0.2) is 4.98 Å². The SMILES string of the molecule is COc1ccccc1NC(=O)Cn1c(CO)nc2ccccc21. The van der Waals surface area contributed by atoms with Gasteiger partial charge in [-0.2, -0.15) is 0 Å². The Balaban J connectivity index is 1.86. The zero-order chi connectivity index (χ0) is 16.2. The van der Waals surface area contributed by atoms with E-state index in [1.807, 2.05) is 36.4 Å². The highest BCUT2D eigenvalue weighted by Gasteiger charge is 2.14. The standard InChI is InChI=1S/C17H17N3O3/c1-23-15-9-5-3-7-13(15)19-17(22)10-20-14-8-4-2-6-12(14)18-16(20)11-21/h2-9,21H,10-11H2,1H3,(H,19,22). The summed E-state index contributed by atoms with van der Waals surface area (Å²) in [5.41, 5.74) is 2.17. The van der Waals surface area contributed by atoms with Crippen molar-refractivity contribution in [3.05, 3.63) is 54.4 Å². The highest BCUT2D eigenvalue weighted by atomic mass is 16.5. The fourth-order valence-corrected chi connectivity index (χ4v) is 2.50. The van der Waals surface area contributed by atoms with E-state index in [0.717, 1.165) is 11.0 Å². The number of hydrogen-bond donors (Lipinski definition) is 2. The van der Waals surface area contributed by atoms with Gasteiger partial charge in [-0.05, 0) is 24.3 Å². The third kappa shape index (κ3) is 3.02. The number of nitrogens with zero attached hydrogens (tertiary/aromatic N) is 2. The molecule has 1 amide bonds. The molecule has 0 radical (unpaired) electrons. The van der Waals surface area contributed by atoms with Gasteiger partial charge in [-0.3, -0.25) is 4.79 Å². The second-order valence-electron chi connectivity index (χ2n) is 5.01. The summed E-state index contributed by atoms with van der Waals surface area (Å²) in [6, 6.07) is 14.7. The Kier molecular flexibility index (Phi) is 4.25. The highest BCUT2D eigenvalue weighted by molar-refractivity contribution is 5.93. The average molecular weight is 311 g/mol. The third-order valence-electron chi connectivity index (χ3n) is 3.56. The Morgan fingerprint density at radius 3 is 2.74 bits per heavy atom. The fraction of sp³-hybridized carbons (Fsp3) is 0.176. The molecular weight excluding hydrogens is 294 g/mol. The van der Waals surface area contributed by atoms with Gasteiger partial charge in [0.05, 0.1) is 23.8 Å². The Morgan fingerprint density at radius 2 is 1.96 bits per heavy atom. The van der Waals surface area contributed by atoms with Crippen molar-refractivity contribution in [3.63, 3.8) is 0 Å². The number of nitrogens with one attached hydrogen (secondary N) is 1. The number of imidazole rings is 1. The molecule has 23 heavy (non-hydrogen) atoms. The first-order valence-corrected chi connectivity index (χ1v) is 7.21. The van der Waals surface area contributed by atoms with Gasteiger partial charge in [0.15, 0.2) is 0 Å². The minimum atomic E-state index is -0.226. The van der Waals surface area contributed by atoms with Crippen molar-refractivity contribution in [1.29, 1.82) is 0 Å². The number of ether oxygens (including phenoxy) is 1. The van der Waals surface area contributed by atoms with Gasteiger partial charge in [-0.1, -0.05) is 24.3 Å². The molecule has 0 atom stereocenters. The molecule has 2 aromatic carbocycles. The van der Waals surface area contributed by atoms with Gasteiger partial charge in [0, 0.05) is 0 Å². The smallest absolute Gasteiger partial charge is 0.244 e. The number of hydrogen-bond acceptors (Lipinski definition) is 4. The molecule has 0 saturated carbocycles. The van der Waals surface area contributed by atoms with E-state index in [1.54, 1.807) is 23.8 Å². The number of methoxy groups -OCH3 is 1. The van der Waals surface area contributed by atoms with Gasteiger partial charge in [0.1, 0.15) is 24.7 Å². The number of aromatic nitrogens is 2. The minimum Gasteiger partial charge on any atom is -0.495 e. The summed E-state index contributed by atoms with van der Waals surface area (Å²) >= 11 is 0. The van der Waals surface area contributed by atoms with Crippen LogP contribution in [0.15, 0.2) is 48.5 Å². The lowest BCUT2D eigenvalue weighted by molar-refractivity contribution is -0.116. The molecule has 0 unspecified atom stereocenters. The lowest BCUT2D eigenvalue weighted by Gasteiger charge is -2.11. The number of para-hydroxylation sites is 4. The van der Waals surface area contributed by atoms with E-state index in [1.165, 1.54) is 0 Å². The molecule has 1 heterocycles. The first-order valence-electron chi connectivity index (χ1n) is 7.21. The molecule has 0 spiro atoms. The molecular formula is C17H17N3O3. The zero-order valence-electron chi connectivity index (χ0n) is 12.7. The Morgan fingerprint density at radius 1 is 1.22 bits per heavy atom. The summed E-state index contributed by atoms with van der Waals surface area (Å²) in [5, 5.41) is 12.3. The van der Waals surface area contributed by atoms with Gasteiger partial charge >= 0.3 is 0 Å². The van der Waals surface area contributed by atoms with Gasteiger partial charge < -0.3 is 19.7 Å². The van der Waals surface area contributed by atoms with E-state index in [4.69, 9.17) is 4.74 Å². The van der Waals surface area contributed by atoms with Crippen LogP contribution >= 0.6 is 0 Å². The molecule has 0 aliphatic rings. The minimum absolute atomic E-state index is 0.0639. The molecule has 6 heteroatoms. The van der Waals surface area contributed by atoms with Crippen molar-refractivity contribution >= 4 is 22.6 Å². The summed E-state index contributed by atoms with van der Waals surface area (Å²) in [7, 11) is 1.55. The van der Waals surface area contributed by atoms with Gasteiger partial charge in [-0.15, -0.1) is 0 Å². The molecule has 0 fully saturated rings. The Bertz CT molecular complexity index is 842. The van der Waals surface area contributed by atoms with Crippen LogP contribution in [-0.4, -0.2) is 27.7 Å². The van der Waals surface area contributed by atoms with E-state index < -0.39 is 0 Å². The lowest BCUT2D eigenvalue weighted by Crippen LogP contribution is -2.20. The summed E-state index contributed by atoms with van der Waals surface area (Å²) in [6.45, 7) is -0.162. The number of aliphatic hydroxyl groups excluding tert-OH is 1. The molecule has 2 N–H and O–H groups in total. The van der Waals surface area contributed by atoms with Gasteiger partial charge in [0.25, 0.3) is 0 Å². The second-order valence-corrected chi connectivity index (χ2v) is 5.01. The molecule has 1 aromatic heterocycles. The number of fused-ring (bicyclic) bond motifs is 1. The maximum absolute atomic E-state index is 12.4. The lowest BCUT2D eigenvalue weighted by atomic mass is 10.3. The molecule has 0 aliphatic carbocycles. The highest BCUT2D eigenvalue weighted by Crippen LogP contribution is 2.23. The molecule has 6 nitrogen and oxygen atoms in total. The monoisotopic (exact) mass is 311 g/mol. The molecule has 3 rings (SSSR count). The van der Waals surface area contributed by atoms with Crippen LogP contribution in [0.25, 0.3) is 11.0 Å². The van der Waals surface area contributed by atoms with E-state index in [-0.39, 0.29) is 19.1 Å². The largest absolute Gasteiger partial charge is 0.495 e. The van der Waals surface area contributed by atoms with Crippen LogP contribution in [0.4, 0.5) is 5.69 Å².